The molecule has 240 valence electrons. The summed E-state index contributed by atoms with van der Waals surface area (Å²) >= 11 is 1.82. The largest absolute Gasteiger partial charge is 0.457 e. The Morgan fingerprint density at radius 3 is 1.38 bits per heavy atom. The minimum absolute atomic E-state index is 0.0175. The van der Waals surface area contributed by atoms with Crippen LogP contribution in [0.25, 0.3) is 21.5 Å². The Bertz CT molecular complexity index is 1970. The van der Waals surface area contributed by atoms with E-state index < -0.39 is 0 Å². The average molecular weight is 763 g/mol. The zero-order valence-electron chi connectivity index (χ0n) is 26.6. The van der Waals surface area contributed by atoms with Crippen LogP contribution in [0.2, 0.25) is 0 Å². The molecule has 0 bridgehead atoms. The first-order valence-corrected chi connectivity index (χ1v) is 18.2. The molecule has 7 rings (SSSR count). The van der Waals surface area contributed by atoms with Crippen LogP contribution >= 0.6 is 31.8 Å². The van der Waals surface area contributed by atoms with Gasteiger partial charge in [-0.3, -0.25) is 9.59 Å². The maximum Gasteiger partial charge on any atom is 0.222 e. The molecule has 0 saturated heterocycles. The zero-order valence-corrected chi connectivity index (χ0v) is 29.9. The van der Waals surface area contributed by atoms with Crippen molar-refractivity contribution in [2.45, 2.75) is 50.4 Å². The van der Waals surface area contributed by atoms with Gasteiger partial charge in [-0.1, -0.05) is 95.9 Å². The first kappa shape index (κ1) is 32.5. The fourth-order valence-electron chi connectivity index (χ4n) is 7.06. The van der Waals surface area contributed by atoms with E-state index in [4.69, 9.17) is 9.47 Å². The Labute approximate surface area is 297 Å². The van der Waals surface area contributed by atoms with E-state index in [1.54, 1.807) is 0 Å². The van der Waals surface area contributed by atoms with Crippen molar-refractivity contribution in [2.75, 3.05) is 0 Å². The summed E-state index contributed by atoms with van der Waals surface area (Å²) in [5, 5.41) is 4.09. The highest BCUT2D eigenvalue weighted by molar-refractivity contribution is 14.1. The summed E-state index contributed by atoms with van der Waals surface area (Å²) in [6.07, 6.45) is 8.41. The summed E-state index contributed by atoms with van der Waals surface area (Å²) in [6, 6.07) is 40.7. The lowest BCUT2D eigenvalue weighted by atomic mass is 9.67. The molecule has 1 atom stereocenters. The van der Waals surface area contributed by atoms with Crippen LogP contribution in [0.15, 0.2) is 121 Å². The first-order chi connectivity index (χ1) is 23.4. The number of ether oxygens (including phenoxy) is 2. The molecule has 0 spiro atoms. The van der Waals surface area contributed by atoms with Crippen LogP contribution in [0.4, 0.5) is 0 Å². The molecular formula is C42H36IO4P. The number of carbonyl (C=O) groups is 2. The van der Waals surface area contributed by atoms with Gasteiger partial charge in [-0.15, -0.1) is 0 Å². The van der Waals surface area contributed by atoms with Crippen LogP contribution in [0.3, 0.4) is 0 Å². The quantitative estimate of drug-likeness (QED) is 0.0880. The van der Waals surface area contributed by atoms with Crippen molar-refractivity contribution in [3.63, 3.8) is 0 Å². The molecule has 0 aromatic heterocycles. The molecule has 6 heteroatoms. The summed E-state index contributed by atoms with van der Waals surface area (Å²) in [4.78, 5) is 23.5. The minimum Gasteiger partial charge on any atom is -0.457 e. The third-order valence-electron chi connectivity index (χ3n) is 9.63. The smallest absolute Gasteiger partial charge is 0.222 e. The maximum atomic E-state index is 11.8. The van der Waals surface area contributed by atoms with E-state index in [9.17, 15) is 9.59 Å². The monoisotopic (exact) mass is 762 g/mol. The van der Waals surface area contributed by atoms with Crippen molar-refractivity contribution < 1.29 is 19.1 Å². The molecule has 0 amide bonds. The van der Waals surface area contributed by atoms with Crippen LogP contribution in [0.5, 0.6) is 23.0 Å². The Morgan fingerprint density at radius 1 is 0.500 bits per heavy atom. The van der Waals surface area contributed by atoms with E-state index in [1.165, 1.54) is 43.2 Å². The molecule has 6 aromatic rings. The highest BCUT2D eigenvalue weighted by Crippen LogP contribution is 2.44. The van der Waals surface area contributed by atoms with Gasteiger partial charge < -0.3 is 9.47 Å². The van der Waals surface area contributed by atoms with Gasteiger partial charge in [0.2, 0.25) is 3.79 Å². The van der Waals surface area contributed by atoms with Crippen molar-refractivity contribution >= 4 is 62.7 Å². The molecule has 4 nitrogen and oxygen atoms in total. The molecule has 1 aliphatic carbocycles. The fourth-order valence-corrected chi connectivity index (χ4v) is 7.57. The van der Waals surface area contributed by atoms with Crippen LogP contribution in [-0.4, -0.2) is 9.31 Å². The molecule has 1 aliphatic rings. The molecule has 6 aromatic carbocycles. The molecule has 0 aliphatic heterocycles. The minimum atomic E-state index is -0.0795. The van der Waals surface area contributed by atoms with Crippen molar-refractivity contribution in [2.24, 2.45) is 0 Å². The number of fused-ring (bicyclic) bond motifs is 2. The van der Waals surface area contributed by atoms with Gasteiger partial charge in [0, 0.05) is 39.1 Å². The second-order valence-corrected chi connectivity index (χ2v) is 14.2. The fraction of sp³-hybridized carbons (Fsp3) is 0.190. The van der Waals surface area contributed by atoms with Crippen molar-refractivity contribution in [3.05, 3.63) is 144 Å². The summed E-state index contributed by atoms with van der Waals surface area (Å²) in [5.74, 6) is 3.13. The highest BCUT2D eigenvalue weighted by atomic mass is 127. The topological polar surface area (TPSA) is 52.6 Å². The normalized spacial score (nSPS) is 14.6. The Hall–Kier alpha value is -4.06. The summed E-state index contributed by atoms with van der Waals surface area (Å²) in [5.41, 5.74) is 3.92. The van der Waals surface area contributed by atoms with Gasteiger partial charge in [0.15, 0.2) is 5.52 Å². The molecule has 1 saturated carbocycles. The number of rotatable bonds is 8. The predicted molar refractivity (Wildman–Crippen MR) is 206 cm³/mol. The third kappa shape index (κ3) is 7.04. The van der Waals surface area contributed by atoms with E-state index in [0.717, 1.165) is 57.4 Å². The van der Waals surface area contributed by atoms with Crippen molar-refractivity contribution in [1.29, 1.82) is 0 Å². The van der Waals surface area contributed by atoms with Crippen LogP contribution in [-0.2, 0) is 5.41 Å². The number of halogens is 1. The summed E-state index contributed by atoms with van der Waals surface area (Å²) in [6.45, 7) is 0. The summed E-state index contributed by atoms with van der Waals surface area (Å²) < 4.78 is 12.6. The lowest BCUT2D eigenvalue weighted by Gasteiger charge is -2.37. The lowest BCUT2D eigenvalue weighted by molar-refractivity contribution is 0.108. The predicted octanol–water partition coefficient (Wildman–Crippen LogP) is 12.2. The molecule has 48 heavy (non-hydrogen) atoms. The first-order valence-electron chi connectivity index (χ1n) is 16.5. The average Bonchev–Trinajstić information content (AvgIpc) is 3.09. The van der Waals surface area contributed by atoms with Crippen molar-refractivity contribution in [3.8, 4) is 23.0 Å². The molecule has 0 N–H and O–H groups in total. The molecule has 1 unspecified atom stereocenters. The third-order valence-corrected chi connectivity index (χ3v) is 10.6. The van der Waals surface area contributed by atoms with E-state index in [2.05, 4.69) is 57.8 Å². The van der Waals surface area contributed by atoms with E-state index in [-0.39, 0.29) is 14.7 Å². The number of hydrogen-bond acceptors (Lipinski definition) is 4. The standard InChI is InChI=1S/C42H36IO4P/c43-40(44)32-8-6-30-26-38(16-10-28(30)24-32)46-36-18-12-34(13-19-36)42(22-4-2-1-3-5-23-42)35-14-20-37(21-15-35)47-39-17-11-29-25-33(41(45)48)9-7-31(29)27-39/h6-21,24-27H,1-5,22-23,48H2. The summed E-state index contributed by atoms with van der Waals surface area (Å²) in [7, 11) is 2.23. The van der Waals surface area contributed by atoms with Crippen LogP contribution in [0.1, 0.15) is 76.8 Å². The molecule has 0 heterocycles. The van der Waals surface area contributed by atoms with Crippen molar-refractivity contribution in [1.82, 2.24) is 0 Å². The number of carbonyl (C=O) groups excluding carboxylic acids is 2. The van der Waals surface area contributed by atoms with E-state index in [1.807, 2.05) is 95.4 Å². The Balaban J connectivity index is 1.12. The number of hydrogen-bond donors (Lipinski definition) is 0. The second-order valence-electron chi connectivity index (χ2n) is 12.7. The van der Waals surface area contributed by atoms with Gasteiger partial charge in [-0.05, 0) is 112 Å². The van der Waals surface area contributed by atoms with Gasteiger partial charge >= 0.3 is 0 Å². The van der Waals surface area contributed by atoms with Gasteiger partial charge in [0.1, 0.15) is 23.0 Å². The van der Waals surface area contributed by atoms with Crippen LogP contribution < -0.4 is 9.47 Å². The van der Waals surface area contributed by atoms with Gasteiger partial charge in [0.05, 0.1) is 0 Å². The Morgan fingerprint density at radius 2 is 0.896 bits per heavy atom. The SMILES string of the molecule is O=C(P)c1ccc2cc(Oc3ccc(C4(c5ccc(Oc6ccc7cc(C(=O)I)ccc7c6)cc5)CCCCCCC4)cc3)ccc2c1. The molecular weight excluding hydrogens is 726 g/mol. The van der Waals surface area contributed by atoms with Crippen LogP contribution in [0, 0.1) is 0 Å². The van der Waals surface area contributed by atoms with E-state index in [0.29, 0.717) is 11.1 Å². The van der Waals surface area contributed by atoms with Gasteiger partial charge in [0.25, 0.3) is 0 Å². The van der Waals surface area contributed by atoms with E-state index >= 15 is 0 Å². The van der Waals surface area contributed by atoms with Gasteiger partial charge in [-0.25, -0.2) is 0 Å². The number of benzene rings is 6. The molecule has 1 fully saturated rings. The Kier molecular flexibility index (Phi) is 9.61. The van der Waals surface area contributed by atoms with Gasteiger partial charge in [-0.2, -0.15) is 0 Å². The second kappa shape index (κ2) is 14.2. The molecule has 0 radical (unpaired) electrons. The highest BCUT2D eigenvalue weighted by Gasteiger charge is 2.34. The lowest BCUT2D eigenvalue weighted by Crippen LogP contribution is -2.28. The maximum absolute atomic E-state index is 11.8. The zero-order chi connectivity index (χ0) is 33.1.